The van der Waals surface area contributed by atoms with Crippen LogP contribution in [-0.4, -0.2) is 18.8 Å². The van der Waals surface area contributed by atoms with Gasteiger partial charge in [-0.05, 0) is 50.8 Å². The molecule has 1 aliphatic heterocycles. The molecule has 100 valence electrons. The van der Waals surface area contributed by atoms with Crippen LogP contribution in [0.5, 0.6) is 0 Å². The molecule has 1 N–H and O–H groups in total. The van der Waals surface area contributed by atoms with Crippen molar-refractivity contribution in [2.24, 2.45) is 0 Å². The normalized spacial score (nSPS) is 25.3. The van der Waals surface area contributed by atoms with E-state index in [4.69, 9.17) is 4.74 Å². The molecule has 3 heteroatoms. The number of nitrogens with one attached hydrogen (secondary N) is 1. The summed E-state index contributed by atoms with van der Waals surface area (Å²) in [6, 6.07) is 5.57. The lowest BCUT2D eigenvalue weighted by Gasteiger charge is -2.26. The summed E-state index contributed by atoms with van der Waals surface area (Å²) in [6.07, 6.45) is 2.22. The van der Waals surface area contributed by atoms with Crippen LogP contribution in [0, 0.1) is 12.7 Å². The van der Waals surface area contributed by atoms with E-state index in [1.54, 1.807) is 13.0 Å². The predicted octanol–water partition coefficient (Wildman–Crippen LogP) is 3.35. The largest absolute Gasteiger partial charge is 0.374 e. The molecule has 1 saturated heterocycles. The lowest BCUT2D eigenvalue weighted by Crippen LogP contribution is -2.38. The Morgan fingerprint density at radius 2 is 2.28 bits per heavy atom. The summed E-state index contributed by atoms with van der Waals surface area (Å²) in [5, 5.41) is 3.44. The number of ether oxygens (including phenoxy) is 1. The average molecular weight is 251 g/mol. The molecule has 1 aliphatic rings. The first kappa shape index (κ1) is 13.5. The van der Waals surface area contributed by atoms with Crippen LogP contribution in [0.2, 0.25) is 0 Å². The summed E-state index contributed by atoms with van der Waals surface area (Å²) >= 11 is 0. The Kier molecular flexibility index (Phi) is 4.03. The van der Waals surface area contributed by atoms with E-state index in [9.17, 15) is 4.39 Å². The topological polar surface area (TPSA) is 21.3 Å². The molecule has 0 spiro atoms. The highest BCUT2D eigenvalue weighted by Crippen LogP contribution is 2.25. The monoisotopic (exact) mass is 251 g/mol. The summed E-state index contributed by atoms with van der Waals surface area (Å²) in [6.45, 7) is 7.64. The molecular formula is C15H22FNO. The fraction of sp³-hybridized carbons (Fsp3) is 0.600. The molecule has 2 nitrogen and oxygen atoms in total. The van der Waals surface area contributed by atoms with Crippen LogP contribution in [0.3, 0.4) is 0 Å². The Labute approximate surface area is 109 Å². The van der Waals surface area contributed by atoms with Crippen LogP contribution >= 0.6 is 0 Å². The number of hydrogen-bond acceptors (Lipinski definition) is 2. The van der Waals surface area contributed by atoms with Crippen molar-refractivity contribution in [3.8, 4) is 0 Å². The van der Waals surface area contributed by atoms with Crippen LogP contribution < -0.4 is 5.32 Å². The van der Waals surface area contributed by atoms with Crippen molar-refractivity contribution in [2.45, 2.75) is 45.3 Å². The number of benzene rings is 1. The van der Waals surface area contributed by atoms with E-state index in [0.717, 1.165) is 31.6 Å². The minimum Gasteiger partial charge on any atom is -0.374 e. The zero-order valence-corrected chi connectivity index (χ0v) is 11.4. The molecule has 1 aromatic carbocycles. The van der Waals surface area contributed by atoms with E-state index >= 15 is 0 Å². The van der Waals surface area contributed by atoms with Gasteiger partial charge < -0.3 is 10.1 Å². The van der Waals surface area contributed by atoms with Gasteiger partial charge in [-0.2, -0.15) is 0 Å². The second kappa shape index (κ2) is 5.37. The molecule has 1 aromatic rings. The highest BCUT2D eigenvalue weighted by Gasteiger charge is 2.29. The van der Waals surface area contributed by atoms with Crippen molar-refractivity contribution in [3.63, 3.8) is 0 Å². The average Bonchev–Trinajstić information content (AvgIpc) is 2.77. The molecule has 0 amide bonds. The van der Waals surface area contributed by atoms with Gasteiger partial charge in [0.25, 0.3) is 0 Å². The molecule has 1 fully saturated rings. The van der Waals surface area contributed by atoms with Crippen molar-refractivity contribution in [1.82, 2.24) is 5.32 Å². The number of hydrogen-bond donors (Lipinski definition) is 1. The van der Waals surface area contributed by atoms with E-state index in [1.807, 2.05) is 12.1 Å². The Bertz CT molecular complexity index is 413. The van der Waals surface area contributed by atoms with E-state index in [1.165, 1.54) is 0 Å². The maximum Gasteiger partial charge on any atom is 0.126 e. The second-order valence-corrected chi connectivity index (χ2v) is 5.51. The first-order chi connectivity index (χ1) is 8.50. The van der Waals surface area contributed by atoms with Crippen molar-refractivity contribution in [1.29, 1.82) is 0 Å². The Balaban J connectivity index is 1.94. The summed E-state index contributed by atoms with van der Waals surface area (Å²) < 4.78 is 19.2. The lowest BCUT2D eigenvalue weighted by molar-refractivity contribution is 0.0191. The van der Waals surface area contributed by atoms with Gasteiger partial charge in [-0.3, -0.25) is 0 Å². The zero-order valence-electron chi connectivity index (χ0n) is 11.4. The molecule has 2 rings (SSSR count). The van der Waals surface area contributed by atoms with Crippen molar-refractivity contribution in [2.75, 3.05) is 13.2 Å². The third-order valence-corrected chi connectivity index (χ3v) is 3.78. The zero-order chi connectivity index (χ0) is 13.2. The highest BCUT2D eigenvalue weighted by molar-refractivity contribution is 5.25. The van der Waals surface area contributed by atoms with Gasteiger partial charge in [0.1, 0.15) is 5.82 Å². The molecule has 0 aliphatic carbocycles. The fourth-order valence-electron chi connectivity index (χ4n) is 2.34. The predicted molar refractivity (Wildman–Crippen MR) is 71.1 cm³/mol. The van der Waals surface area contributed by atoms with E-state index in [0.29, 0.717) is 5.56 Å². The third kappa shape index (κ3) is 3.09. The highest BCUT2D eigenvalue weighted by atomic mass is 19.1. The molecule has 0 bridgehead atoms. The Hall–Kier alpha value is -0.930. The van der Waals surface area contributed by atoms with Gasteiger partial charge in [-0.15, -0.1) is 0 Å². The summed E-state index contributed by atoms with van der Waals surface area (Å²) in [7, 11) is 0. The SMILES string of the molecule is Cc1ccc(C(C)NCC2(C)CCCO2)cc1F. The minimum absolute atomic E-state index is 0.0580. The molecular weight excluding hydrogens is 229 g/mol. The smallest absolute Gasteiger partial charge is 0.126 e. The first-order valence-electron chi connectivity index (χ1n) is 6.64. The van der Waals surface area contributed by atoms with E-state index in [2.05, 4.69) is 19.2 Å². The quantitative estimate of drug-likeness (QED) is 0.886. The second-order valence-electron chi connectivity index (χ2n) is 5.51. The van der Waals surface area contributed by atoms with Crippen molar-refractivity contribution < 1.29 is 9.13 Å². The molecule has 0 saturated carbocycles. The summed E-state index contributed by atoms with van der Waals surface area (Å²) in [5.41, 5.74) is 1.62. The van der Waals surface area contributed by atoms with Gasteiger partial charge in [-0.25, -0.2) is 4.39 Å². The van der Waals surface area contributed by atoms with Crippen LogP contribution in [-0.2, 0) is 4.74 Å². The van der Waals surface area contributed by atoms with E-state index < -0.39 is 0 Å². The van der Waals surface area contributed by atoms with Gasteiger partial charge in [0.05, 0.1) is 5.60 Å². The molecule has 0 radical (unpaired) electrons. The summed E-state index contributed by atoms with van der Waals surface area (Å²) in [4.78, 5) is 0. The fourth-order valence-corrected chi connectivity index (χ4v) is 2.34. The van der Waals surface area contributed by atoms with Gasteiger partial charge in [-0.1, -0.05) is 12.1 Å². The van der Waals surface area contributed by atoms with Crippen molar-refractivity contribution >= 4 is 0 Å². The minimum atomic E-state index is -0.135. The van der Waals surface area contributed by atoms with Crippen LogP contribution in [0.25, 0.3) is 0 Å². The van der Waals surface area contributed by atoms with Gasteiger partial charge in [0, 0.05) is 19.2 Å². The van der Waals surface area contributed by atoms with Gasteiger partial charge >= 0.3 is 0 Å². The number of halogens is 1. The molecule has 18 heavy (non-hydrogen) atoms. The Morgan fingerprint density at radius 3 is 2.89 bits per heavy atom. The molecule has 2 unspecified atom stereocenters. The maximum atomic E-state index is 13.5. The molecule has 1 heterocycles. The van der Waals surface area contributed by atoms with Gasteiger partial charge in [0.2, 0.25) is 0 Å². The standard InChI is InChI=1S/C15H22FNO/c1-11-5-6-13(9-14(11)16)12(2)17-10-15(3)7-4-8-18-15/h5-6,9,12,17H,4,7-8,10H2,1-3H3. The van der Waals surface area contributed by atoms with Crippen LogP contribution in [0.4, 0.5) is 4.39 Å². The van der Waals surface area contributed by atoms with Crippen LogP contribution in [0.15, 0.2) is 18.2 Å². The molecule has 0 aromatic heterocycles. The Morgan fingerprint density at radius 1 is 1.50 bits per heavy atom. The third-order valence-electron chi connectivity index (χ3n) is 3.78. The number of rotatable bonds is 4. The van der Waals surface area contributed by atoms with Crippen LogP contribution in [0.1, 0.15) is 43.9 Å². The lowest BCUT2D eigenvalue weighted by atomic mass is 10.0. The van der Waals surface area contributed by atoms with Crippen molar-refractivity contribution in [3.05, 3.63) is 35.1 Å². The summed E-state index contributed by atoms with van der Waals surface area (Å²) in [5.74, 6) is -0.135. The maximum absolute atomic E-state index is 13.5. The number of aryl methyl sites for hydroxylation is 1. The van der Waals surface area contributed by atoms with Gasteiger partial charge in [0.15, 0.2) is 0 Å². The first-order valence-corrected chi connectivity index (χ1v) is 6.64. The van der Waals surface area contributed by atoms with E-state index in [-0.39, 0.29) is 17.5 Å². The molecule has 2 atom stereocenters.